The van der Waals surface area contributed by atoms with Crippen LogP contribution in [0.15, 0.2) is 60.8 Å². The summed E-state index contributed by atoms with van der Waals surface area (Å²) in [5.41, 5.74) is 4.18. The Kier molecular flexibility index (Phi) is 7.56. The molecule has 1 aromatic carbocycles. The van der Waals surface area contributed by atoms with E-state index in [2.05, 4.69) is 27.8 Å². The fourth-order valence-corrected chi connectivity index (χ4v) is 4.67. The van der Waals surface area contributed by atoms with Gasteiger partial charge >= 0.3 is 0 Å². The second-order valence-electron chi connectivity index (χ2n) is 9.71. The average Bonchev–Trinajstić information content (AvgIpc) is 3.26. The third-order valence-electron chi connectivity index (χ3n) is 5.78. The van der Waals surface area contributed by atoms with Gasteiger partial charge in [-0.05, 0) is 64.4 Å². The van der Waals surface area contributed by atoms with Gasteiger partial charge in [-0.15, -0.1) is 4.72 Å². The molecule has 35 heavy (non-hydrogen) atoms. The van der Waals surface area contributed by atoms with Gasteiger partial charge in [0.05, 0.1) is 40.9 Å². The molecule has 4 aromatic rings. The molecule has 4 rings (SSSR count). The molecule has 3 aromatic heterocycles. The zero-order chi connectivity index (χ0) is 25.2. The van der Waals surface area contributed by atoms with Crippen molar-refractivity contribution >= 4 is 22.3 Å². The van der Waals surface area contributed by atoms with E-state index in [4.69, 9.17) is 4.98 Å². The van der Waals surface area contributed by atoms with Crippen molar-refractivity contribution in [2.75, 3.05) is 0 Å². The average molecular weight is 492 g/mol. The van der Waals surface area contributed by atoms with E-state index < -0.39 is 17.5 Å². The topological polar surface area (TPSA) is 98.9 Å². The maximum Gasteiger partial charge on any atom is 0.154 e. The van der Waals surface area contributed by atoms with Gasteiger partial charge in [0.25, 0.3) is 0 Å². The van der Waals surface area contributed by atoms with E-state index in [1.54, 1.807) is 17.7 Å². The van der Waals surface area contributed by atoms with E-state index in [9.17, 15) is 9.66 Å². The lowest BCUT2D eigenvalue weighted by Crippen LogP contribution is -2.41. The molecule has 0 aliphatic carbocycles. The van der Waals surface area contributed by atoms with E-state index in [1.165, 1.54) is 0 Å². The quantitative estimate of drug-likeness (QED) is 0.319. The van der Waals surface area contributed by atoms with Crippen molar-refractivity contribution in [3.8, 4) is 17.1 Å². The summed E-state index contributed by atoms with van der Waals surface area (Å²) in [6.07, 6.45) is 2.95. The number of aromatic nitrogens is 4. The Bertz CT molecular complexity index is 1300. The van der Waals surface area contributed by atoms with Crippen LogP contribution >= 0.6 is 0 Å². The van der Waals surface area contributed by atoms with E-state index in [0.29, 0.717) is 11.5 Å². The molecule has 2 unspecified atom stereocenters. The summed E-state index contributed by atoms with van der Waals surface area (Å²) >= 11 is -1.19. The lowest BCUT2D eigenvalue weighted by atomic mass is 10.1. The molecule has 8 heteroatoms. The molecular weight excluding hydrogens is 458 g/mol. The van der Waals surface area contributed by atoms with E-state index in [0.717, 1.165) is 40.7 Å². The van der Waals surface area contributed by atoms with Gasteiger partial charge in [-0.1, -0.05) is 37.6 Å². The highest BCUT2D eigenvalue weighted by Crippen LogP contribution is 2.28. The molecule has 2 N–H and O–H groups in total. The number of benzene rings is 1. The molecule has 0 aliphatic rings. The summed E-state index contributed by atoms with van der Waals surface area (Å²) in [5, 5.41) is 15.5. The number of rotatable bonds is 8. The number of nitrogens with one attached hydrogen (secondary N) is 1. The highest BCUT2D eigenvalue weighted by atomic mass is 32.2. The van der Waals surface area contributed by atoms with Crippen LogP contribution in [0.4, 0.5) is 0 Å². The van der Waals surface area contributed by atoms with Gasteiger partial charge in [-0.25, -0.2) is 9.67 Å². The zero-order valence-corrected chi connectivity index (χ0v) is 21.7. The lowest BCUT2D eigenvalue weighted by Gasteiger charge is -2.27. The Morgan fingerprint density at radius 3 is 2.51 bits per heavy atom. The highest BCUT2D eigenvalue weighted by Gasteiger charge is 2.30. The standard InChI is InChI=1S/C27H33N5O2S/c1-6-9-24(31-35(34)27(3,4)5)23-12-7-11-22(29-23)19-14-15-20-17-28-32(25(20)16-19)26-13-8-10-21(30-26)18(2)33/h7-8,10-18,24,31,33H,6,9H2,1-5H3/t18?,24?,35-/m1/s1. The third-order valence-corrected chi connectivity index (χ3v) is 7.39. The second-order valence-corrected chi connectivity index (χ2v) is 11.7. The number of aliphatic hydroxyl groups is 1. The van der Waals surface area contributed by atoms with Crippen molar-refractivity contribution in [3.63, 3.8) is 0 Å². The van der Waals surface area contributed by atoms with Gasteiger partial charge in [0.2, 0.25) is 0 Å². The minimum Gasteiger partial charge on any atom is -0.598 e. The van der Waals surface area contributed by atoms with Gasteiger partial charge in [-0.3, -0.25) is 4.98 Å². The Morgan fingerprint density at radius 2 is 1.80 bits per heavy atom. The van der Waals surface area contributed by atoms with Crippen LogP contribution in [0.1, 0.15) is 71.0 Å². The van der Waals surface area contributed by atoms with Crippen molar-refractivity contribution in [1.29, 1.82) is 0 Å². The zero-order valence-electron chi connectivity index (χ0n) is 20.9. The van der Waals surface area contributed by atoms with Gasteiger partial charge in [0.15, 0.2) is 5.82 Å². The SMILES string of the molecule is CCCC(N[S@+]([O-])C(C)(C)C)c1cccc(-c2ccc3cnn(-c4cccc(C(C)O)n4)c3c2)n1. The van der Waals surface area contributed by atoms with Crippen molar-refractivity contribution in [2.24, 2.45) is 0 Å². The van der Waals surface area contributed by atoms with E-state index in [1.807, 2.05) is 69.4 Å². The number of hydrogen-bond acceptors (Lipinski definition) is 6. The minimum absolute atomic E-state index is 0.0957. The molecule has 0 saturated carbocycles. The summed E-state index contributed by atoms with van der Waals surface area (Å²) in [4.78, 5) is 9.52. The molecule has 0 radical (unpaired) electrons. The fraction of sp³-hybridized carbons (Fsp3) is 0.370. The number of aliphatic hydroxyl groups excluding tert-OH is 1. The molecule has 0 saturated heterocycles. The van der Waals surface area contributed by atoms with Crippen LogP contribution in [-0.2, 0) is 11.4 Å². The van der Waals surface area contributed by atoms with Crippen LogP contribution in [0.25, 0.3) is 28.0 Å². The first-order valence-corrected chi connectivity index (χ1v) is 13.1. The highest BCUT2D eigenvalue weighted by molar-refractivity contribution is 7.90. The monoisotopic (exact) mass is 491 g/mol. The summed E-state index contributed by atoms with van der Waals surface area (Å²) in [6, 6.07) is 17.5. The molecule has 0 fully saturated rings. The summed E-state index contributed by atoms with van der Waals surface area (Å²) < 4.78 is 17.5. The van der Waals surface area contributed by atoms with Crippen LogP contribution in [0.5, 0.6) is 0 Å². The molecule has 0 amide bonds. The molecule has 3 heterocycles. The molecule has 0 aliphatic heterocycles. The first-order valence-electron chi connectivity index (χ1n) is 12.0. The third kappa shape index (κ3) is 5.73. The Hall–Kier alpha value is -2.78. The number of hydrogen-bond donors (Lipinski definition) is 2. The molecule has 0 spiro atoms. The predicted molar refractivity (Wildman–Crippen MR) is 141 cm³/mol. The van der Waals surface area contributed by atoms with Crippen molar-refractivity contribution in [2.45, 2.75) is 64.4 Å². The number of nitrogens with zero attached hydrogens (tertiary/aromatic N) is 4. The second kappa shape index (κ2) is 10.5. The van der Waals surface area contributed by atoms with Gasteiger partial charge in [0.1, 0.15) is 4.75 Å². The first-order chi connectivity index (χ1) is 16.7. The van der Waals surface area contributed by atoms with Crippen LogP contribution in [0.2, 0.25) is 0 Å². The molecule has 7 nitrogen and oxygen atoms in total. The van der Waals surface area contributed by atoms with Gasteiger partial charge in [-0.2, -0.15) is 5.10 Å². The largest absolute Gasteiger partial charge is 0.598 e. The van der Waals surface area contributed by atoms with Gasteiger partial charge in [0, 0.05) is 22.3 Å². The maximum absolute atomic E-state index is 12.8. The minimum atomic E-state index is -1.19. The molecule has 0 bridgehead atoms. The summed E-state index contributed by atoms with van der Waals surface area (Å²) in [6.45, 7) is 9.71. The van der Waals surface area contributed by atoms with Crippen molar-refractivity contribution in [3.05, 3.63) is 72.2 Å². The van der Waals surface area contributed by atoms with E-state index in [-0.39, 0.29) is 10.8 Å². The predicted octanol–water partition coefficient (Wildman–Crippen LogP) is 5.43. The Balaban J connectivity index is 1.70. The normalized spacial score (nSPS) is 14.7. The molecule has 184 valence electrons. The van der Waals surface area contributed by atoms with Crippen LogP contribution < -0.4 is 4.72 Å². The Morgan fingerprint density at radius 1 is 1.06 bits per heavy atom. The van der Waals surface area contributed by atoms with E-state index >= 15 is 0 Å². The summed E-state index contributed by atoms with van der Waals surface area (Å²) in [7, 11) is 0. The van der Waals surface area contributed by atoms with Crippen LogP contribution in [0.3, 0.4) is 0 Å². The number of pyridine rings is 2. The van der Waals surface area contributed by atoms with Crippen LogP contribution in [-0.4, -0.2) is 34.2 Å². The Labute approximate surface area is 209 Å². The van der Waals surface area contributed by atoms with Crippen LogP contribution in [0, 0.1) is 0 Å². The summed E-state index contributed by atoms with van der Waals surface area (Å²) in [5.74, 6) is 0.647. The fourth-order valence-electron chi connectivity index (χ4n) is 3.82. The van der Waals surface area contributed by atoms with Crippen molar-refractivity contribution < 1.29 is 9.66 Å². The number of fused-ring (bicyclic) bond motifs is 1. The maximum atomic E-state index is 12.8. The van der Waals surface area contributed by atoms with Gasteiger partial charge < -0.3 is 9.66 Å². The first kappa shape index (κ1) is 25.3. The molecular formula is C27H33N5O2S. The lowest BCUT2D eigenvalue weighted by molar-refractivity contribution is 0.194. The smallest absolute Gasteiger partial charge is 0.154 e. The van der Waals surface area contributed by atoms with Crippen molar-refractivity contribution in [1.82, 2.24) is 24.5 Å². The molecule has 3 atom stereocenters.